The van der Waals surface area contributed by atoms with E-state index in [1.54, 1.807) is 0 Å². The summed E-state index contributed by atoms with van der Waals surface area (Å²) in [5.74, 6) is 3.27. The first kappa shape index (κ1) is 13.9. The first-order valence-corrected chi connectivity index (χ1v) is 8.39. The van der Waals surface area contributed by atoms with Crippen molar-refractivity contribution in [3.63, 3.8) is 0 Å². The van der Waals surface area contributed by atoms with Crippen LogP contribution in [0.3, 0.4) is 0 Å². The second-order valence-electron chi connectivity index (χ2n) is 6.47. The van der Waals surface area contributed by atoms with Crippen LogP contribution in [0.1, 0.15) is 61.1 Å². The number of aryl methyl sites for hydroxylation is 2. The van der Waals surface area contributed by atoms with Crippen molar-refractivity contribution >= 4 is 0 Å². The lowest BCUT2D eigenvalue weighted by Crippen LogP contribution is -2.35. The second kappa shape index (κ2) is 5.83. The lowest BCUT2D eigenvalue weighted by Gasteiger charge is -2.35. The summed E-state index contributed by atoms with van der Waals surface area (Å²) >= 11 is 0. The van der Waals surface area contributed by atoms with E-state index in [0.717, 1.165) is 31.8 Å². The van der Waals surface area contributed by atoms with E-state index in [4.69, 9.17) is 4.52 Å². The highest BCUT2D eigenvalue weighted by Crippen LogP contribution is 2.33. The molecule has 0 saturated carbocycles. The Kier molecular flexibility index (Phi) is 3.70. The summed E-state index contributed by atoms with van der Waals surface area (Å²) in [6.07, 6.45) is 9.10. The molecular formula is C16H23N5O. The summed E-state index contributed by atoms with van der Waals surface area (Å²) in [4.78, 5) is 2.52. The van der Waals surface area contributed by atoms with Crippen molar-refractivity contribution in [3.05, 3.63) is 29.2 Å². The summed E-state index contributed by atoms with van der Waals surface area (Å²) in [5.41, 5.74) is 1.19. The predicted molar refractivity (Wildman–Crippen MR) is 81.2 cm³/mol. The Balaban J connectivity index is 1.60. The fraction of sp³-hybridized carbons (Fsp3) is 0.688. The molecule has 1 saturated heterocycles. The first-order valence-electron chi connectivity index (χ1n) is 8.39. The van der Waals surface area contributed by atoms with Crippen LogP contribution in [0.4, 0.5) is 0 Å². The van der Waals surface area contributed by atoms with Crippen molar-refractivity contribution in [3.8, 4) is 0 Å². The first-order chi connectivity index (χ1) is 10.8. The number of piperidine rings is 1. The number of rotatable bonds is 3. The molecule has 4 heterocycles. The van der Waals surface area contributed by atoms with E-state index in [1.807, 2.05) is 13.1 Å². The van der Waals surface area contributed by atoms with E-state index in [2.05, 4.69) is 24.8 Å². The summed E-state index contributed by atoms with van der Waals surface area (Å²) < 4.78 is 7.58. The SMILES string of the molecule is Cc1oncc1CN1CCCCC1c1nnc2n1CCCC2. The summed E-state index contributed by atoms with van der Waals surface area (Å²) in [7, 11) is 0. The van der Waals surface area contributed by atoms with E-state index in [1.165, 1.54) is 49.3 Å². The Morgan fingerprint density at radius 3 is 2.95 bits per heavy atom. The van der Waals surface area contributed by atoms with Gasteiger partial charge in [0.15, 0.2) is 0 Å². The zero-order valence-electron chi connectivity index (χ0n) is 13.2. The van der Waals surface area contributed by atoms with Gasteiger partial charge >= 0.3 is 0 Å². The van der Waals surface area contributed by atoms with Crippen LogP contribution in [0.5, 0.6) is 0 Å². The van der Waals surface area contributed by atoms with Gasteiger partial charge in [-0.3, -0.25) is 4.90 Å². The molecule has 1 fully saturated rings. The third kappa shape index (κ3) is 2.45. The molecule has 2 aliphatic rings. The highest BCUT2D eigenvalue weighted by atomic mass is 16.5. The molecule has 2 aromatic heterocycles. The Labute approximate surface area is 130 Å². The zero-order valence-corrected chi connectivity index (χ0v) is 13.2. The molecule has 6 heteroatoms. The Bertz CT molecular complexity index is 647. The van der Waals surface area contributed by atoms with E-state index in [-0.39, 0.29) is 0 Å². The van der Waals surface area contributed by atoms with Crippen molar-refractivity contribution < 1.29 is 4.52 Å². The highest BCUT2D eigenvalue weighted by Gasteiger charge is 2.30. The minimum Gasteiger partial charge on any atom is -0.361 e. The Hall–Kier alpha value is -1.69. The molecule has 0 radical (unpaired) electrons. The molecule has 2 aromatic rings. The highest BCUT2D eigenvalue weighted by molar-refractivity contribution is 5.13. The van der Waals surface area contributed by atoms with Gasteiger partial charge in [-0.1, -0.05) is 11.6 Å². The van der Waals surface area contributed by atoms with Gasteiger partial charge in [0.25, 0.3) is 0 Å². The van der Waals surface area contributed by atoms with E-state index in [9.17, 15) is 0 Å². The summed E-state index contributed by atoms with van der Waals surface area (Å²) in [6.45, 7) is 5.06. The van der Waals surface area contributed by atoms with Gasteiger partial charge in [0.2, 0.25) is 0 Å². The van der Waals surface area contributed by atoms with E-state index in [0.29, 0.717) is 6.04 Å². The fourth-order valence-electron chi connectivity index (χ4n) is 3.74. The quantitative estimate of drug-likeness (QED) is 0.872. The molecule has 4 rings (SSSR count). The van der Waals surface area contributed by atoms with Crippen LogP contribution < -0.4 is 0 Å². The van der Waals surface area contributed by atoms with Crippen LogP contribution >= 0.6 is 0 Å². The van der Waals surface area contributed by atoms with Crippen LogP contribution in [0, 0.1) is 6.92 Å². The maximum Gasteiger partial charge on any atom is 0.150 e. The van der Waals surface area contributed by atoms with Gasteiger partial charge in [-0.15, -0.1) is 10.2 Å². The monoisotopic (exact) mass is 301 g/mol. The second-order valence-corrected chi connectivity index (χ2v) is 6.47. The van der Waals surface area contributed by atoms with Gasteiger partial charge in [-0.25, -0.2) is 0 Å². The fourth-order valence-corrected chi connectivity index (χ4v) is 3.74. The molecule has 0 aliphatic carbocycles. The number of nitrogens with zero attached hydrogens (tertiary/aromatic N) is 5. The maximum absolute atomic E-state index is 5.21. The van der Waals surface area contributed by atoms with Crippen LogP contribution in [0.25, 0.3) is 0 Å². The number of hydrogen-bond donors (Lipinski definition) is 0. The molecule has 0 bridgehead atoms. The van der Waals surface area contributed by atoms with Crippen LogP contribution in [0.2, 0.25) is 0 Å². The molecule has 0 spiro atoms. The standard InChI is InChI=1S/C16H23N5O/c1-12-13(10-17-22-12)11-20-8-4-2-6-14(20)16-19-18-15-7-3-5-9-21(15)16/h10,14H,2-9,11H2,1H3. The molecule has 2 aliphatic heterocycles. The molecule has 6 nitrogen and oxygen atoms in total. The lowest BCUT2D eigenvalue weighted by atomic mass is 10.00. The van der Waals surface area contributed by atoms with Crippen LogP contribution in [-0.2, 0) is 19.5 Å². The van der Waals surface area contributed by atoms with Crippen molar-refractivity contribution in [2.75, 3.05) is 6.54 Å². The van der Waals surface area contributed by atoms with Gasteiger partial charge in [0, 0.05) is 25.1 Å². The number of aromatic nitrogens is 4. The zero-order chi connectivity index (χ0) is 14.9. The van der Waals surface area contributed by atoms with Crippen molar-refractivity contribution in [1.29, 1.82) is 0 Å². The molecule has 0 N–H and O–H groups in total. The van der Waals surface area contributed by atoms with Crippen molar-refractivity contribution in [1.82, 2.24) is 24.8 Å². The summed E-state index contributed by atoms with van der Waals surface area (Å²) in [5, 5.41) is 12.9. The molecule has 118 valence electrons. The van der Waals surface area contributed by atoms with Gasteiger partial charge in [-0.2, -0.15) is 0 Å². The largest absolute Gasteiger partial charge is 0.361 e. The van der Waals surface area contributed by atoms with Gasteiger partial charge in [0.1, 0.15) is 17.4 Å². The summed E-state index contributed by atoms with van der Waals surface area (Å²) in [6, 6.07) is 0.377. The molecule has 0 aromatic carbocycles. The van der Waals surface area contributed by atoms with Crippen LogP contribution in [0.15, 0.2) is 10.7 Å². The van der Waals surface area contributed by atoms with Crippen molar-refractivity contribution in [2.45, 2.75) is 64.6 Å². The number of hydrogen-bond acceptors (Lipinski definition) is 5. The third-order valence-electron chi connectivity index (χ3n) is 5.02. The normalized spacial score (nSPS) is 22.7. The third-order valence-corrected chi connectivity index (χ3v) is 5.02. The average Bonchev–Trinajstić information content (AvgIpc) is 3.15. The minimum atomic E-state index is 0.377. The molecule has 1 atom stereocenters. The number of likely N-dealkylation sites (tertiary alicyclic amines) is 1. The minimum absolute atomic E-state index is 0.377. The average molecular weight is 301 g/mol. The van der Waals surface area contributed by atoms with Crippen LogP contribution in [-0.4, -0.2) is 31.4 Å². The molecule has 22 heavy (non-hydrogen) atoms. The van der Waals surface area contributed by atoms with Gasteiger partial charge in [-0.05, 0) is 39.2 Å². The Morgan fingerprint density at radius 1 is 1.18 bits per heavy atom. The van der Waals surface area contributed by atoms with Gasteiger partial charge < -0.3 is 9.09 Å². The van der Waals surface area contributed by atoms with Gasteiger partial charge in [0.05, 0.1) is 12.2 Å². The number of fused-ring (bicyclic) bond motifs is 1. The maximum atomic E-state index is 5.21. The lowest BCUT2D eigenvalue weighted by molar-refractivity contribution is 0.129. The topological polar surface area (TPSA) is 60.0 Å². The van der Waals surface area contributed by atoms with E-state index >= 15 is 0 Å². The van der Waals surface area contributed by atoms with E-state index < -0.39 is 0 Å². The molecule has 0 amide bonds. The Morgan fingerprint density at radius 2 is 2.09 bits per heavy atom. The van der Waals surface area contributed by atoms with Crippen molar-refractivity contribution in [2.24, 2.45) is 0 Å². The molecule has 1 unspecified atom stereocenters. The predicted octanol–water partition coefficient (Wildman–Crippen LogP) is 2.64. The molecular weight excluding hydrogens is 278 g/mol. The smallest absolute Gasteiger partial charge is 0.150 e.